The maximum Gasteiger partial charge on any atom is 0.00412 e. The summed E-state index contributed by atoms with van der Waals surface area (Å²) in [6, 6.07) is 1.33. The highest BCUT2D eigenvalue weighted by molar-refractivity contribution is 4.85. The lowest BCUT2D eigenvalue weighted by molar-refractivity contribution is 0.172. The zero-order chi connectivity index (χ0) is 11.0. The van der Waals surface area contributed by atoms with Crippen molar-refractivity contribution in [1.29, 1.82) is 0 Å². The van der Waals surface area contributed by atoms with Gasteiger partial charge in [-0.25, -0.2) is 0 Å². The van der Waals surface area contributed by atoms with Crippen LogP contribution in [0.4, 0.5) is 0 Å². The van der Waals surface area contributed by atoms with Crippen LogP contribution in [0.5, 0.6) is 0 Å². The topological polar surface area (TPSA) is 3.24 Å². The van der Waals surface area contributed by atoms with E-state index >= 15 is 0 Å². The number of nitrogens with zero attached hydrogens (tertiary/aromatic N) is 1. The first-order valence-corrected chi connectivity index (χ1v) is 5.79. The van der Waals surface area contributed by atoms with E-state index in [-0.39, 0.29) is 0 Å². The summed E-state index contributed by atoms with van der Waals surface area (Å²) in [6.45, 7) is 14.0. The third-order valence-corrected chi connectivity index (χ3v) is 2.53. The summed E-state index contributed by atoms with van der Waals surface area (Å²) in [4.78, 5) is 2.55. The van der Waals surface area contributed by atoms with E-state index in [0.29, 0.717) is 12.1 Å². The van der Waals surface area contributed by atoms with Crippen LogP contribution in [0.25, 0.3) is 0 Å². The molecule has 0 saturated heterocycles. The van der Waals surface area contributed by atoms with Gasteiger partial charge in [0.1, 0.15) is 0 Å². The number of unbranched alkanes of at least 4 members (excludes halogenated alkanes) is 3. The molecule has 0 bridgehead atoms. The van der Waals surface area contributed by atoms with Crippen LogP contribution in [0.15, 0.2) is 12.7 Å². The molecule has 0 heterocycles. The van der Waals surface area contributed by atoms with Gasteiger partial charge in [-0.2, -0.15) is 0 Å². The molecule has 1 nitrogen and oxygen atoms in total. The summed E-state index contributed by atoms with van der Waals surface area (Å²) >= 11 is 0. The molecule has 0 N–H and O–H groups in total. The second-order valence-corrected chi connectivity index (χ2v) is 4.39. The first-order valence-electron chi connectivity index (χ1n) is 5.79. The van der Waals surface area contributed by atoms with E-state index in [0.717, 1.165) is 0 Å². The summed E-state index contributed by atoms with van der Waals surface area (Å²) < 4.78 is 0. The summed E-state index contributed by atoms with van der Waals surface area (Å²) in [6.07, 6.45) is 7.79. The average molecular weight is 196 g/mol. The van der Waals surface area contributed by atoms with Gasteiger partial charge in [0.05, 0.1) is 0 Å². The zero-order valence-electron chi connectivity index (χ0n) is 10.3. The fraction of sp³-hybridized carbons (Fsp3) is 0.769. The predicted octanol–water partition coefficient (Wildman–Crippen LogP) is 3.67. The van der Waals surface area contributed by atoms with Crippen molar-refractivity contribution in [1.82, 2.24) is 4.90 Å². The second kappa shape index (κ2) is 8.05. The highest BCUT2D eigenvalue weighted by Crippen LogP contribution is 2.08. The van der Waals surface area contributed by atoms with Crippen LogP contribution in [0.1, 0.15) is 47.0 Å². The molecule has 0 unspecified atom stereocenters. The minimum absolute atomic E-state index is 0.665. The normalized spacial score (nSPS) is 11.6. The fourth-order valence-corrected chi connectivity index (χ4v) is 1.79. The predicted molar refractivity (Wildman–Crippen MR) is 65.3 cm³/mol. The Balaban J connectivity index is 3.56. The molecule has 0 aliphatic rings. The highest BCUT2D eigenvalue weighted by atomic mass is 15.2. The van der Waals surface area contributed by atoms with E-state index in [1.807, 2.05) is 6.08 Å². The number of hydrogen-bond acceptors (Lipinski definition) is 1. The van der Waals surface area contributed by atoms with E-state index in [4.69, 9.17) is 0 Å². The van der Waals surface area contributed by atoms with E-state index in [2.05, 4.69) is 45.6 Å². The Kier molecular flexibility index (Phi) is 7.87. The van der Waals surface area contributed by atoms with Gasteiger partial charge < -0.3 is 0 Å². The van der Waals surface area contributed by atoms with Gasteiger partial charge in [0, 0.05) is 12.1 Å². The lowest BCUT2D eigenvalue weighted by Gasteiger charge is -2.30. The molecule has 83 valence electrons. The van der Waals surface area contributed by atoms with Crippen LogP contribution >= 0.6 is 0 Å². The Labute approximate surface area is 90.2 Å². The van der Waals surface area contributed by atoms with Crippen molar-refractivity contribution in [3.8, 4) is 0 Å². The van der Waals surface area contributed by atoms with Crippen LogP contribution < -0.4 is 0 Å². The summed E-state index contributed by atoms with van der Waals surface area (Å²) in [5.41, 5.74) is 0. The molecule has 1 heteroatoms. The van der Waals surface area contributed by atoms with Crippen LogP contribution in [0.2, 0.25) is 0 Å². The third-order valence-electron chi connectivity index (χ3n) is 2.53. The largest absolute Gasteiger partial charge is 0.299 e. The third kappa shape index (κ3) is 6.20. The van der Waals surface area contributed by atoms with Gasteiger partial charge in [-0.1, -0.05) is 12.5 Å². The average Bonchev–Trinajstić information content (AvgIpc) is 2.09. The first kappa shape index (κ1) is 13.7. The van der Waals surface area contributed by atoms with Crippen LogP contribution in [0, 0.1) is 6.42 Å². The van der Waals surface area contributed by atoms with Gasteiger partial charge in [0.2, 0.25) is 0 Å². The highest BCUT2D eigenvalue weighted by Gasteiger charge is 2.11. The Morgan fingerprint density at radius 1 is 1.07 bits per heavy atom. The Morgan fingerprint density at radius 2 is 1.64 bits per heavy atom. The van der Waals surface area contributed by atoms with Crippen molar-refractivity contribution in [2.45, 2.75) is 59.0 Å². The number of allylic oxidation sites excluding steroid dienone is 1. The maximum atomic E-state index is 3.68. The smallest absolute Gasteiger partial charge is 0.00412 e. The van der Waals surface area contributed by atoms with Gasteiger partial charge in [-0.15, -0.1) is 6.58 Å². The number of hydrogen-bond donors (Lipinski definition) is 0. The lowest BCUT2D eigenvalue weighted by atomic mass is 10.1. The zero-order valence-corrected chi connectivity index (χ0v) is 10.3. The maximum absolute atomic E-state index is 3.68. The van der Waals surface area contributed by atoms with E-state index in [1.165, 1.54) is 25.8 Å². The van der Waals surface area contributed by atoms with Crippen molar-refractivity contribution < 1.29 is 0 Å². The van der Waals surface area contributed by atoms with E-state index < -0.39 is 0 Å². The van der Waals surface area contributed by atoms with Gasteiger partial charge in [-0.3, -0.25) is 4.90 Å². The van der Waals surface area contributed by atoms with Crippen molar-refractivity contribution in [3.63, 3.8) is 0 Å². The van der Waals surface area contributed by atoms with Crippen LogP contribution in [-0.2, 0) is 0 Å². The fourth-order valence-electron chi connectivity index (χ4n) is 1.79. The molecule has 0 rings (SSSR count). The van der Waals surface area contributed by atoms with Gasteiger partial charge in [0.15, 0.2) is 0 Å². The van der Waals surface area contributed by atoms with E-state index in [9.17, 15) is 0 Å². The molecule has 0 aromatic heterocycles. The quantitative estimate of drug-likeness (QED) is 0.535. The van der Waals surface area contributed by atoms with Gasteiger partial charge in [0.25, 0.3) is 0 Å². The molecular weight excluding hydrogens is 170 g/mol. The monoisotopic (exact) mass is 196 g/mol. The molecule has 0 aliphatic heterocycles. The standard InChI is InChI=1S/C13H26N/c1-6-7-8-9-10-11-14(12(2)3)13(4)5/h6-7,12-13H,1,8-11H2,2-5H3. The molecular formula is C13H26N. The Morgan fingerprint density at radius 3 is 2.07 bits per heavy atom. The molecule has 0 amide bonds. The summed E-state index contributed by atoms with van der Waals surface area (Å²) in [7, 11) is 0. The van der Waals surface area contributed by atoms with E-state index in [1.54, 1.807) is 0 Å². The molecule has 14 heavy (non-hydrogen) atoms. The Bertz CT molecular complexity index is 130. The molecule has 0 spiro atoms. The van der Waals surface area contributed by atoms with Crippen LogP contribution in [-0.4, -0.2) is 23.5 Å². The van der Waals surface area contributed by atoms with Crippen molar-refractivity contribution in [3.05, 3.63) is 19.1 Å². The minimum atomic E-state index is 0.665. The summed E-state index contributed by atoms with van der Waals surface area (Å²) in [5.74, 6) is 0. The van der Waals surface area contributed by atoms with Crippen LogP contribution in [0.3, 0.4) is 0 Å². The Hall–Kier alpha value is -0.300. The molecule has 0 atom stereocenters. The molecule has 0 aromatic carbocycles. The summed E-state index contributed by atoms with van der Waals surface area (Å²) in [5, 5.41) is 0. The van der Waals surface area contributed by atoms with Crippen molar-refractivity contribution in [2.75, 3.05) is 6.54 Å². The lowest BCUT2D eigenvalue weighted by Crippen LogP contribution is -2.37. The van der Waals surface area contributed by atoms with Gasteiger partial charge in [-0.05, 0) is 53.5 Å². The van der Waals surface area contributed by atoms with Crippen molar-refractivity contribution >= 4 is 0 Å². The molecule has 0 aromatic rings. The molecule has 1 radical (unpaired) electrons. The molecule has 0 fully saturated rings. The second-order valence-electron chi connectivity index (χ2n) is 4.39. The van der Waals surface area contributed by atoms with Gasteiger partial charge >= 0.3 is 0 Å². The molecule has 0 saturated carbocycles. The minimum Gasteiger partial charge on any atom is -0.299 e. The number of rotatable bonds is 8. The molecule has 0 aliphatic carbocycles. The SMILES string of the molecule is C=C[CH]CCCCN(C(C)C)C(C)C. The first-order chi connectivity index (χ1) is 6.59. The van der Waals surface area contributed by atoms with Crippen molar-refractivity contribution in [2.24, 2.45) is 0 Å².